The van der Waals surface area contributed by atoms with Crippen LogP contribution in [-0.4, -0.2) is 136 Å². The third kappa shape index (κ3) is 12.5. The Morgan fingerprint density at radius 1 is 0.514 bits per heavy atom. The Morgan fingerprint density at radius 2 is 0.914 bits per heavy atom. The van der Waals surface area contributed by atoms with Crippen molar-refractivity contribution in [1.29, 1.82) is 0 Å². The lowest BCUT2D eigenvalue weighted by molar-refractivity contribution is -0.161. The lowest BCUT2D eigenvalue weighted by Crippen LogP contribution is -2.72. The molecule has 8 aromatic rings. The van der Waals surface area contributed by atoms with Gasteiger partial charge in [0.25, 0.3) is 11.8 Å². The van der Waals surface area contributed by atoms with Crippen molar-refractivity contribution in [2.75, 3.05) is 28.2 Å². The number of rotatable bonds is 16. The average molecular weight is 1450 g/mol. The number of nitrogens with zero attached hydrogens (tertiary/aromatic N) is 4. The Balaban J connectivity index is 0.000000188. The highest BCUT2D eigenvalue weighted by atomic mass is 28.4. The molecular formula is C81H84N4O19Si. The second-order valence-electron chi connectivity index (χ2n) is 29.7. The summed E-state index contributed by atoms with van der Waals surface area (Å²) in [5, 5.41) is 55.2. The first kappa shape index (κ1) is 72.8. The second-order valence-corrected chi connectivity index (χ2v) is 34.4. The highest BCUT2D eigenvalue weighted by Gasteiger charge is 2.74. The SMILES string of the molecule is C[C@H]1c2cccc(O)c2C(O)=C2C(=O)[C@]3(O)C(=O)c4c(OCc5ccccc5)noc4[C@@H](N(C)C)[C@@H]3[C@@H](OC(=O)OCc3ccccc3)[C@@H]21.Cc1cccc2c1C(O)=C1C(=O)[C@]3(O[Si](C)(C)C(C)(C)C)C(=O)c4c(OCc5ccccc5)noc4[C@@H](N(C)C)[C@@H]3[C@@H](OC(=O)OCc3ccccc3)[C@@H]1[C@H]2C. The molecule has 2 aromatic heterocycles. The number of hydrogen-bond donors (Lipinski definition) is 4. The summed E-state index contributed by atoms with van der Waals surface area (Å²) in [6, 6.07) is 45.0. The van der Waals surface area contributed by atoms with Gasteiger partial charge in [-0.3, -0.25) is 29.0 Å². The van der Waals surface area contributed by atoms with E-state index in [1.807, 2.05) is 168 Å². The number of hydrogen-bond acceptors (Lipinski definition) is 23. The van der Waals surface area contributed by atoms with Crippen molar-refractivity contribution in [3.05, 3.63) is 242 Å². The minimum Gasteiger partial charge on any atom is -0.507 e. The van der Waals surface area contributed by atoms with Gasteiger partial charge in [0.2, 0.25) is 23.1 Å². The summed E-state index contributed by atoms with van der Waals surface area (Å²) in [6.07, 6.45) is -4.75. The molecule has 546 valence electrons. The van der Waals surface area contributed by atoms with Gasteiger partial charge in [-0.25, -0.2) is 9.59 Å². The molecule has 2 saturated carbocycles. The van der Waals surface area contributed by atoms with Crippen molar-refractivity contribution in [3.8, 4) is 17.5 Å². The number of carbonyl (C=O) groups is 6. The summed E-state index contributed by atoms with van der Waals surface area (Å²) in [5.41, 5.74) is -0.240. The van der Waals surface area contributed by atoms with Gasteiger partial charge in [-0.1, -0.05) is 186 Å². The molecule has 0 radical (unpaired) electrons. The largest absolute Gasteiger partial charge is 0.508 e. The molecular weight excluding hydrogens is 1360 g/mol. The first-order valence-corrected chi connectivity index (χ1v) is 37.7. The fourth-order valence-electron chi connectivity index (χ4n) is 16.0. The molecule has 4 N–H and O–H groups in total. The molecule has 0 unspecified atom stereocenters. The van der Waals surface area contributed by atoms with Crippen LogP contribution >= 0.6 is 0 Å². The van der Waals surface area contributed by atoms with Crippen LogP contribution < -0.4 is 9.47 Å². The summed E-state index contributed by atoms with van der Waals surface area (Å²) in [6.45, 7) is 15.4. The van der Waals surface area contributed by atoms with Crippen LogP contribution in [0.2, 0.25) is 18.1 Å². The fraction of sp³-hybridized carbons (Fsp3) is 0.358. The van der Waals surface area contributed by atoms with E-state index in [2.05, 4.69) is 10.3 Å². The van der Waals surface area contributed by atoms with Crippen LogP contribution in [0.25, 0.3) is 11.5 Å². The van der Waals surface area contributed by atoms with Crippen LogP contribution in [0.4, 0.5) is 9.59 Å². The number of ketones is 4. The van der Waals surface area contributed by atoms with E-state index >= 15 is 9.59 Å². The first-order valence-electron chi connectivity index (χ1n) is 34.8. The third-order valence-corrected chi connectivity index (χ3v) is 26.4. The summed E-state index contributed by atoms with van der Waals surface area (Å²) in [7, 11) is 3.84. The van der Waals surface area contributed by atoms with Gasteiger partial charge in [-0.2, -0.15) is 0 Å². The molecule has 0 spiro atoms. The number of Topliss-reactive ketones (excluding diaryl/α,β-unsaturated/α-hetero) is 4. The highest BCUT2D eigenvalue weighted by molar-refractivity contribution is 6.74. The van der Waals surface area contributed by atoms with Crippen molar-refractivity contribution >= 4 is 55.3 Å². The molecule has 0 aliphatic heterocycles. The average Bonchev–Trinajstić information content (AvgIpc) is 1.60. The minimum atomic E-state index is -3.08. The maximum absolute atomic E-state index is 15.9. The van der Waals surface area contributed by atoms with Gasteiger partial charge in [-0.05, 0) is 120 Å². The number of aliphatic hydroxyl groups is 3. The molecule has 0 bridgehead atoms. The monoisotopic (exact) mass is 1440 g/mol. The van der Waals surface area contributed by atoms with Crippen molar-refractivity contribution in [1.82, 2.24) is 20.1 Å². The van der Waals surface area contributed by atoms with Crippen molar-refractivity contribution in [2.24, 2.45) is 23.7 Å². The summed E-state index contributed by atoms with van der Waals surface area (Å²) < 4.78 is 54.8. The number of aryl methyl sites for hydroxylation is 1. The van der Waals surface area contributed by atoms with Gasteiger partial charge in [0, 0.05) is 28.5 Å². The first-order chi connectivity index (χ1) is 50.0. The van der Waals surface area contributed by atoms with E-state index in [4.69, 9.17) is 41.9 Å². The van der Waals surface area contributed by atoms with E-state index in [9.17, 15) is 39.6 Å². The molecule has 23 nitrogen and oxygen atoms in total. The van der Waals surface area contributed by atoms with Gasteiger partial charge < -0.3 is 62.3 Å². The number of aliphatic hydroxyl groups excluding tert-OH is 2. The number of benzene rings is 6. The van der Waals surface area contributed by atoms with Crippen LogP contribution in [0.5, 0.6) is 17.5 Å². The van der Waals surface area contributed by atoms with Gasteiger partial charge in [0.05, 0.1) is 29.5 Å². The van der Waals surface area contributed by atoms with Gasteiger partial charge in [-0.15, -0.1) is 0 Å². The van der Waals surface area contributed by atoms with E-state index in [0.717, 1.165) is 27.8 Å². The molecule has 0 saturated heterocycles. The standard InChI is InChI=1S/C44H50N2O9Si.C37H34N2O10/c1-25-17-16-22-29-26(2)31-32(36(47)30(25)29)39(48)44(55-56(8,9)43(3,4)5)34(37(31)53-42(50)52-24-28-20-14-11-15-21-28)35(46(6)7)38-33(40(44)49)41(45-54-38)51-23-27-18-12-10-13-19-27;1-19-22-15-10-16-23(40)25(22)30(41)26-24(19)31(48-36(44)47-18-21-13-8-5-9-14-21)28-29(39(2)3)32-27(34(43)37(28,45)33(26)42)35(38-49-32)46-17-20-11-6-4-7-12-20/h10-22,26,31,34-35,37,47H,23-24H2,1-9H3;4-16,19,24,28-29,31,40-41,45H,17-18H2,1-3H3/t26-,31+,34+,35-,37-,44-;19-,24+,28+,29-,31-,37-/m00/s1. The van der Waals surface area contributed by atoms with Crippen molar-refractivity contribution in [3.63, 3.8) is 0 Å². The van der Waals surface area contributed by atoms with Gasteiger partial charge in [0.1, 0.15) is 67.0 Å². The predicted octanol–water partition coefficient (Wildman–Crippen LogP) is 13.9. The van der Waals surface area contributed by atoms with Crippen LogP contribution in [0.3, 0.4) is 0 Å². The molecule has 14 rings (SSSR count). The Hall–Kier alpha value is -10.5. The third-order valence-electron chi connectivity index (χ3n) is 22.0. The normalized spacial score (nSPS) is 25.1. The Morgan fingerprint density at radius 3 is 1.37 bits per heavy atom. The summed E-state index contributed by atoms with van der Waals surface area (Å²) >= 11 is 0. The quantitative estimate of drug-likeness (QED) is 0.0397. The lowest BCUT2D eigenvalue weighted by atomic mass is 9.53. The van der Waals surface area contributed by atoms with E-state index in [1.54, 1.807) is 76.4 Å². The number of fused-ring (bicyclic) bond motifs is 8. The second kappa shape index (κ2) is 28.2. The minimum absolute atomic E-state index is 0.00739. The highest BCUT2D eigenvalue weighted by Crippen LogP contribution is 2.63. The molecule has 6 aliphatic rings. The van der Waals surface area contributed by atoms with E-state index in [-0.39, 0.29) is 89.1 Å². The van der Waals surface area contributed by atoms with Crippen LogP contribution in [0.15, 0.2) is 178 Å². The molecule has 12 atom stereocenters. The molecule has 6 aromatic carbocycles. The molecule has 24 heteroatoms. The Bertz CT molecular complexity index is 4760. The van der Waals surface area contributed by atoms with Crippen molar-refractivity contribution in [2.45, 2.75) is 133 Å². The number of aromatic nitrogens is 2. The summed E-state index contributed by atoms with van der Waals surface area (Å²) in [4.78, 5) is 91.8. The van der Waals surface area contributed by atoms with Gasteiger partial charge >= 0.3 is 12.3 Å². The number of aromatic hydroxyl groups is 1. The molecule has 2 heterocycles. The van der Waals surface area contributed by atoms with Gasteiger partial charge in [0.15, 0.2) is 31.0 Å². The lowest BCUT2D eigenvalue weighted by Gasteiger charge is -2.57. The Kier molecular flexibility index (Phi) is 19.5. The Labute approximate surface area is 608 Å². The molecule has 2 fully saturated rings. The predicted molar refractivity (Wildman–Crippen MR) is 384 cm³/mol. The number of carbonyl (C=O) groups excluding carboxylic acids is 6. The molecule has 6 aliphatic carbocycles. The smallest absolute Gasteiger partial charge is 0.507 e. The molecule has 0 amide bonds. The number of ether oxygens (including phenoxy) is 6. The van der Waals surface area contributed by atoms with Crippen LogP contribution in [-0.2, 0) is 59.4 Å². The zero-order valence-corrected chi connectivity index (χ0v) is 61.3. The summed E-state index contributed by atoms with van der Waals surface area (Å²) in [5.74, 6) is -10.5. The van der Waals surface area contributed by atoms with E-state index < -0.39 is 126 Å². The molecule has 105 heavy (non-hydrogen) atoms. The topological polar surface area (TPSA) is 306 Å². The number of phenols is 1. The zero-order valence-electron chi connectivity index (χ0n) is 60.3. The number of phenolic OH excluding ortho intramolecular Hbond substituents is 1. The van der Waals surface area contributed by atoms with Crippen LogP contribution in [0, 0.1) is 30.6 Å². The maximum atomic E-state index is 15.9. The van der Waals surface area contributed by atoms with Crippen LogP contribution in [0.1, 0.15) is 141 Å². The van der Waals surface area contributed by atoms with Crippen molar-refractivity contribution < 1.29 is 91.1 Å². The zero-order chi connectivity index (χ0) is 74.9. The maximum Gasteiger partial charge on any atom is 0.508 e. The van der Waals surface area contributed by atoms with E-state index in [1.165, 1.54) is 6.07 Å². The van der Waals surface area contributed by atoms with E-state index in [0.29, 0.717) is 16.7 Å². The fourth-order valence-corrected chi connectivity index (χ4v) is 17.4.